The molecular weight excluding hydrogens is 360 g/mol. The van der Waals surface area contributed by atoms with Crippen LogP contribution in [0.5, 0.6) is 0 Å². The van der Waals surface area contributed by atoms with E-state index >= 15 is 0 Å². The molecule has 27 heavy (non-hydrogen) atoms. The van der Waals surface area contributed by atoms with Gasteiger partial charge < -0.3 is 34.6 Å². The molecule has 1 aliphatic heterocycles. The van der Waals surface area contributed by atoms with Gasteiger partial charge in [-0.25, -0.2) is 0 Å². The van der Waals surface area contributed by atoms with E-state index in [9.17, 15) is 24.9 Å². The number of esters is 1. The Labute approximate surface area is 159 Å². The van der Waals surface area contributed by atoms with Crippen LogP contribution in [0.4, 0.5) is 0 Å². The van der Waals surface area contributed by atoms with Crippen LogP contribution in [0.15, 0.2) is 0 Å². The molecule has 0 aromatic heterocycles. The largest absolute Gasteiger partial charge is 0.481 e. The van der Waals surface area contributed by atoms with Crippen LogP contribution in [0, 0.1) is 0 Å². The lowest BCUT2D eigenvalue weighted by Crippen LogP contribution is -2.58. The van der Waals surface area contributed by atoms with Gasteiger partial charge in [0.2, 0.25) is 0 Å². The molecule has 9 nitrogen and oxygen atoms in total. The molecule has 1 rings (SSSR count). The first kappa shape index (κ1) is 23.8. The standard InChI is InChI=1S/C18H32O9/c1-4-6-11(8-13(19)20)26-14(21)9-12(7-5-2)27-18-17(24)16(23)15(22)10(3)25-18/h10-12,15-18,22-24H,4-9H2,1-3H3,(H,19,20)/t10?,11?,12?,15-,16?,17?,18-/m0/s1. The van der Waals surface area contributed by atoms with Crippen LogP contribution < -0.4 is 0 Å². The topological polar surface area (TPSA) is 143 Å². The van der Waals surface area contributed by atoms with Gasteiger partial charge in [0.25, 0.3) is 0 Å². The number of hydrogen-bond acceptors (Lipinski definition) is 8. The molecular formula is C18H32O9. The Balaban J connectivity index is 2.66. The summed E-state index contributed by atoms with van der Waals surface area (Å²) in [6.45, 7) is 5.31. The molecule has 1 heterocycles. The van der Waals surface area contributed by atoms with Gasteiger partial charge in [-0.1, -0.05) is 26.7 Å². The fraction of sp³-hybridized carbons (Fsp3) is 0.889. The Morgan fingerprint density at radius 1 is 0.963 bits per heavy atom. The van der Waals surface area contributed by atoms with Crippen LogP contribution in [0.3, 0.4) is 0 Å². The maximum atomic E-state index is 12.2. The monoisotopic (exact) mass is 392 g/mol. The molecule has 5 unspecified atom stereocenters. The number of carboxylic acid groups (broad SMARTS) is 1. The summed E-state index contributed by atoms with van der Waals surface area (Å²) in [5.41, 5.74) is 0. The SMILES string of the molecule is CCCC(CC(=O)O)OC(=O)CC(CCC)O[C@@H]1OC(C)[C@H](O)C(O)C1O. The average molecular weight is 392 g/mol. The van der Waals surface area contributed by atoms with Crippen molar-refractivity contribution in [3.63, 3.8) is 0 Å². The van der Waals surface area contributed by atoms with Gasteiger partial charge in [0.15, 0.2) is 6.29 Å². The summed E-state index contributed by atoms with van der Waals surface area (Å²) in [6, 6.07) is 0. The summed E-state index contributed by atoms with van der Waals surface area (Å²) in [7, 11) is 0. The fourth-order valence-corrected chi connectivity index (χ4v) is 2.99. The summed E-state index contributed by atoms with van der Waals surface area (Å²) in [6.07, 6.45) is -5.47. The second-order valence-corrected chi connectivity index (χ2v) is 6.93. The number of carbonyl (C=O) groups is 2. The van der Waals surface area contributed by atoms with E-state index in [2.05, 4.69) is 0 Å². The van der Waals surface area contributed by atoms with E-state index in [4.69, 9.17) is 19.3 Å². The van der Waals surface area contributed by atoms with Crippen LogP contribution in [0.25, 0.3) is 0 Å². The van der Waals surface area contributed by atoms with Crippen LogP contribution in [-0.4, -0.2) is 75.3 Å². The van der Waals surface area contributed by atoms with Crippen molar-refractivity contribution in [3.8, 4) is 0 Å². The Bertz CT molecular complexity index is 470. The predicted octanol–water partition coefficient (Wildman–Crippen LogP) is 0.576. The Hall–Kier alpha value is -1.26. The molecule has 0 aliphatic carbocycles. The van der Waals surface area contributed by atoms with Crippen LogP contribution in [0.1, 0.15) is 59.3 Å². The van der Waals surface area contributed by atoms with E-state index in [1.807, 2.05) is 13.8 Å². The highest BCUT2D eigenvalue weighted by Crippen LogP contribution is 2.24. The normalized spacial score (nSPS) is 30.5. The second-order valence-electron chi connectivity index (χ2n) is 6.93. The average Bonchev–Trinajstić information content (AvgIpc) is 2.57. The quantitative estimate of drug-likeness (QED) is 0.371. The van der Waals surface area contributed by atoms with Gasteiger partial charge in [0, 0.05) is 0 Å². The first-order valence-corrected chi connectivity index (χ1v) is 9.45. The Kier molecular flexibility index (Phi) is 10.2. The summed E-state index contributed by atoms with van der Waals surface area (Å²) in [5.74, 6) is -1.63. The molecule has 0 aromatic rings. The molecule has 1 aliphatic rings. The van der Waals surface area contributed by atoms with Crippen molar-refractivity contribution in [1.82, 2.24) is 0 Å². The number of hydrogen-bond donors (Lipinski definition) is 4. The molecule has 0 radical (unpaired) electrons. The van der Waals surface area contributed by atoms with Gasteiger partial charge in [-0.15, -0.1) is 0 Å². The van der Waals surface area contributed by atoms with Crippen molar-refractivity contribution in [1.29, 1.82) is 0 Å². The maximum Gasteiger partial charge on any atom is 0.308 e. The zero-order valence-electron chi connectivity index (χ0n) is 16.1. The second kappa shape index (κ2) is 11.6. The molecule has 4 N–H and O–H groups in total. The van der Waals surface area contributed by atoms with Crippen LogP contribution >= 0.6 is 0 Å². The number of aliphatic hydroxyl groups is 3. The van der Waals surface area contributed by atoms with Crippen molar-refractivity contribution in [2.24, 2.45) is 0 Å². The van der Waals surface area contributed by atoms with Gasteiger partial charge in [0.05, 0.1) is 25.0 Å². The van der Waals surface area contributed by atoms with E-state index in [0.717, 1.165) is 0 Å². The first-order chi connectivity index (χ1) is 12.7. The van der Waals surface area contributed by atoms with Crippen LogP contribution in [0.2, 0.25) is 0 Å². The lowest BCUT2D eigenvalue weighted by molar-refractivity contribution is -0.304. The van der Waals surface area contributed by atoms with Gasteiger partial charge in [-0.2, -0.15) is 0 Å². The summed E-state index contributed by atoms with van der Waals surface area (Å²) in [5, 5.41) is 38.5. The highest BCUT2D eigenvalue weighted by molar-refractivity contribution is 5.72. The number of aliphatic hydroxyl groups excluding tert-OH is 3. The third-order valence-corrected chi connectivity index (χ3v) is 4.45. The van der Waals surface area contributed by atoms with E-state index in [-0.39, 0.29) is 12.8 Å². The first-order valence-electron chi connectivity index (χ1n) is 9.45. The lowest BCUT2D eigenvalue weighted by atomic mass is 10.00. The van der Waals surface area contributed by atoms with Crippen molar-refractivity contribution in [2.45, 2.75) is 102 Å². The van der Waals surface area contributed by atoms with Gasteiger partial charge >= 0.3 is 11.9 Å². The zero-order chi connectivity index (χ0) is 20.6. The third kappa shape index (κ3) is 7.71. The molecule has 0 aromatic carbocycles. The molecule has 1 fully saturated rings. The minimum Gasteiger partial charge on any atom is -0.481 e. The fourth-order valence-electron chi connectivity index (χ4n) is 2.99. The molecule has 7 atom stereocenters. The summed E-state index contributed by atoms with van der Waals surface area (Å²) < 4.78 is 16.3. The van der Waals surface area contributed by atoms with Gasteiger partial charge in [-0.3, -0.25) is 9.59 Å². The van der Waals surface area contributed by atoms with E-state index < -0.39 is 54.9 Å². The molecule has 9 heteroatoms. The molecule has 0 saturated carbocycles. The van der Waals surface area contributed by atoms with Gasteiger partial charge in [0.1, 0.15) is 24.4 Å². The third-order valence-electron chi connectivity index (χ3n) is 4.45. The zero-order valence-corrected chi connectivity index (χ0v) is 16.1. The lowest BCUT2D eigenvalue weighted by Gasteiger charge is -2.40. The molecule has 0 spiro atoms. The predicted molar refractivity (Wildman–Crippen MR) is 93.8 cm³/mol. The van der Waals surface area contributed by atoms with Crippen molar-refractivity contribution >= 4 is 11.9 Å². The number of carbonyl (C=O) groups excluding carboxylic acids is 1. The number of carboxylic acids is 1. The van der Waals surface area contributed by atoms with Crippen molar-refractivity contribution in [2.75, 3.05) is 0 Å². The highest BCUT2D eigenvalue weighted by Gasteiger charge is 2.43. The number of rotatable bonds is 11. The smallest absolute Gasteiger partial charge is 0.308 e. The van der Waals surface area contributed by atoms with E-state index in [1.54, 1.807) is 6.92 Å². The number of ether oxygens (including phenoxy) is 3. The van der Waals surface area contributed by atoms with E-state index in [0.29, 0.717) is 25.7 Å². The molecule has 1 saturated heterocycles. The minimum absolute atomic E-state index is 0.132. The number of aliphatic carboxylic acids is 1. The molecule has 0 bridgehead atoms. The minimum atomic E-state index is -1.45. The molecule has 0 amide bonds. The van der Waals surface area contributed by atoms with Crippen molar-refractivity contribution < 1.29 is 44.2 Å². The maximum absolute atomic E-state index is 12.2. The molecule has 158 valence electrons. The van der Waals surface area contributed by atoms with Gasteiger partial charge in [-0.05, 0) is 19.8 Å². The van der Waals surface area contributed by atoms with Crippen LogP contribution in [-0.2, 0) is 23.8 Å². The van der Waals surface area contributed by atoms with E-state index in [1.165, 1.54) is 0 Å². The van der Waals surface area contributed by atoms with Crippen molar-refractivity contribution in [3.05, 3.63) is 0 Å². The summed E-state index contributed by atoms with van der Waals surface area (Å²) in [4.78, 5) is 23.1. The highest BCUT2D eigenvalue weighted by atomic mass is 16.7. The Morgan fingerprint density at radius 3 is 2.11 bits per heavy atom. The Morgan fingerprint density at radius 2 is 1.56 bits per heavy atom. The summed E-state index contributed by atoms with van der Waals surface area (Å²) >= 11 is 0.